The van der Waals surface area contributed by atoms with Crippen LogP contribution in [0, 0.1) is 0 Å². The average molecular weight is 350 g/mol. The normalized spacial score (nSPS) is 18.8. The van der Waals surface area contributed by atoms with Crippen LogP contribution >= 0.6 is 0 Å². The molecule has 1 heterocycles. The second-order valence-electron chi connectivity index (χ2n) is 7.21. The van der Waals surface area contributed by atoms with Crippen LogP contribution in [0.25, 0.3) is 0 Å². The number of carbonyl (C=O) groups excluding carboxylic acids is 1. The number of rotatable bonds is 4. The van der Waals surface area contributed by atoms with E-state index in [0.717, 1.165) is 49.3 Å². The molecule has 0 spiro atoms. The number of para-hydroxylation sites is 1. The predicted molar refractivity (Wildman–Crippen MR) is 103 cm³/mol. The fourth-order valence-corrected chi connectivity index (χ4v) is 4.03. The molecule has 0 N–H and O–H groups in total. The second kappa shape index (κ2) is 7.92. The Bertz CT molecular complexity index is 716. The van der Waals surface area contributed by atoms with Crippen LogP contribution in [0.3, 0.4) is 0 Å². The van der Waals surface area contributed by atoms with Crippen LogP contribution in [0.2, 0.25) is 0 Å². The van der Waals surface area contributed by atoms with Gasteiger partial charge in [0.25, 0.3) is 5.91 Å². The summed E-state index contributed by atoms with van der Waals surface area (Å²) in [6.45, 7) is 3.67. The van der Waals surface area contributed by atoms with E-state index in [4.69, 9.17) is 4.74 Å². The summed E-state index contributed by atoms with van der Waals surface area (Å²) in [5, 5.41) is 0. The smallest absolute Gasteiger partial charge is 0.253 e. The van der Waals surface area contributed by atoms with Crippen LogP contribution in [0.5, 0.6) is 11.5 Å². The Kier molecular flexibility index (Phi) is 5.21. The van der Waals surface area contributed by atoms with E-state index >= 15 is 0 Å². The highest BCUT2D eigenvalue weighted by atomic mass is 16.5. The number of piperazine rings is 1. The first kappa shape index (κ1) is 17.1. The molecule has 1 saturated heterocycles. The van der Waals surface area contributed by atoms with Crippen molar-refractivity contribution in [2.45, 2.75) is 31.7 Å². The summed E-state index contributed by atoms with van der Waals surface area (Å²) in [5.41, 5.74) is 0.736. The number of ether oxygens (including phenoxy) is 1. The lowest BCUT2D eigenvalue weighted by atomic mass is 10.1. The van der Waals surface area contributed by atoms with Gasteiger partial charge < -0.3 is 9.64 Å². The van der Waals surface area contributed by atoms with Gasteiger partial charge in [-0.2, -0.15) is 0 Å². The van der Waals surface area contributed by atoms with Crippen LogP contribution < -0.4 is 4.74 Å². The predicted octanol–water partition coefficient (Wildman–Crippen LogP) is 4.18. The van der Waals surface area contributed by atoms with Gasteiger partial charge in [-0.25, -0.2) is 0 Å². The highest BCUT2D eigenvalue weighted by molar-refractivity contribution is 5.94. The summed E-state index contributed by atoms with van der Waals surface area (Å²) < 4.78 is 5.80. The van der Waals surface area contributed by atoms with Gasteiger partial charge in [0.15, 0.2) is 0 Å². The molecule has 0 bridgehead atoms. The summed E-state index contributed by atoms with van der Waals surface area (Å²) in [5.74, 6) is 1.68. The first-order valence-corrected chi connectivity index (χ1v) is 9.66. The van der Waals surface area contributed by atoms with E-state index in [-0.39, 0.29) is 5.91 Å². The minimum atomic E-state index is 0.127. The summed E-state index contributed by atoms with van der Waals surface area (Å²) in [6, 6.07) is 17.9. The van der Waals surface area contributed by atoms with Crippen molar-refractivity contribution < 1.29 is 9.53 Å². The Morgan fingerprint density at radius 3 is 2.08 bits per heavy atom. The molecule has 2 aromatic rings. The number of nitrogens with zero attached hydrogens (tertiary/aromatic N) is 2. The van der Waals surface area contributed by atoms with Gasteiger partial charge in [0.05, 0.1) is 0 Å². The molecule has 136 valence electrons. The van der Waals surface area contributed by atoms with E-state index in [1.165, 1.54) is 25.7 Å². The summed E-state index contributed by atoms with van der Waals surface area (Å²) >= 11 is 0. The van der Waals surface area contributed by atoms with E-state index in [9.17, 15) is 4.79 Å². The zero-order valence-electron chi connectivity index (χ0n) is 15.1. The fourth-order valence-electron chi connectivity index (χ4n) is 4.03. The molecule has 26 heavy (non-hydrogen) atoms. The molecule has 0 unspecified atom stereocenters. The Hall–Kier alpha value is -2.33. The SMILES string of the molecule is O=C(c1ccc(Oc2ccccc2)cc1)N1CCN(C2CCCC2)CC1. The number of hydrogen-bond acceptors (Lipinski definition) is 3. The van der Waals surface area contributed by atoms with Crippen molar-refractivity contribution in [2.75, 3.05) is 26.2 Å². The molecule has 2 aliphatic rings. The van der Waals surface area contributed by atoms with Gasteiger partial charge in [0.1, 0.15) is 11.5 Å². The molecule has 0 aromatic heterocycles. The minimum Gasteiger partial charge on any atom is -0.457 e. The van der Waals surface area contributed by atoms with Crippen molar-refractivity contribution in [1.29, 1.82) is 0 Å². The van der Waals surface area contributed by atoms with Gasteiger partial charge in [-0.05, 0) is 49.2 Å². The topological polar surface area (TPSA) is 32.8 Å². The van der Waals surface area contributed by atoms with E-state index < -0.39 is 0 Å². The first-order chi connectivity index (χ1) is 12.8. The fraction of sp³-hybridized carbons (Fsp3) is 0.409. The molecule has 0 radical (unpaired) electrons. The van der Waals surface area contributed by atoms with Gasteiger partial charge in [0.2, 0.25) is 0 Å². The van der Waals surface area contributed by atoms with Crippen molar-refractivity contribution in [2.24, 2.45) is 0 Å². The Morgan fingerprint density at radius 1 is 0.808 bits per heavy atom. The van der Waals surface area contributed by atoms with Crippen molar-refractivity contribution in [3.05, 3.63) is 60.2 Å². The van der Waals surface area contributed by atoms with Gasteiger partial charge in [-0.15, -0.1) is 0 Å². The maximum absolute atomic E-state index is 12.8. The quantitative estimate of drug-likeness (QED) is 0.829. The highest BCUT2D eigenvalue weighted by Crippen LogP contribution is 2.25. The van der Waals surface area contributed by atoms with Crippen molar-refractivity contribution in [1.82, 2.24) is 9.80 Å². The minimum absolute atomic E-state index is 0.127. The maximum Gasteiger partial charge on any atom is 0.253 e. The molecule has 1 saturated carbocycles. The Morgan fingerprint density at radius 2 is 1.42 bits per heavy atom. The van der Waals surface area contributed by atoms with E-state index in [1.807, 2.05) is 59.5 Å². The Balaban J connectivity index is 1.33. The van der Waals surface area contributed by atoms with Gasteiger partial charge in [-0.3, -0.25) is 9.69 Å². The second-order valence-corrected chi connectivity index (χ2v) is 7.21. The van der Waals surface area contributed by atoms with Crippen LogP contribution in [0.15, 0.2) is 54.6 Å². The molecule has 2 aromatic carbocycles. The molecule has 0 atom stereocenters. The number of amides is 1. The third-order valence-electron chi connectivity index (χ3n) is 5.52. The molecular formula is C22H26N2O2. The van der Waals surface area contributed by atoms with Crippen LogP contribution in [-0.2, 0) is 0 Å². The van der Waals surface area contributed by atoms with Crippen LogP contribution in [0.1, 0.15) is 36.0 Å². The van der Waals surface area contributed by atoms with Gasteiger partial charge >= 0.3 is 0 Å². The largest absolute Gasteiger partial charge is 0.457 e. The molecule has 1 amide bonds. The van der Waals surface area contributed by atoms with Gasteiger partial charge in [-0.1, -0.05) is 31.0 Å². The third-order valence-corrected chi connectivity index (χ3v) is 5.52. The highest BCUT2D eigenvalue weighted by Gasteiger charge is 2.28. The summed E-state index contributed by atoms with van der Waals surface area (Å²) in [6.07, 6.45) is 5.38. The number of benzene rings is 2. The van der Waals surface area contributed by atoms with E-state index in [0.29, 0.717) is 0 Å². The van der Waals surface area contributed by atoms with Crippen LogP contribution in [0.4, 0.5) is 0 Å². The number of hydrogen-bond donors (Lipinski definition) is 0. The zero-order chi connectivity index (χ0) is 17.8. The molecule has 2 fully saturated rings. The van der Waals surface area contributed by atoms with Gasteiger partial charge in [0, 0.05) is 37.8 Å². The van der Waals surface area contributed by atoms with E-state index in [2.05, 4.69) is 4.90 Å². The summed E-state index contributed by atoms with van der Waals surface area (Å²) in [4.78, 5) is 17.3. The standard InChI is InChI=1S/C22H26N2O2/c25-22(24-16-14-23(15-17-24)19-6-4-5-7-19)18-10-12-21(13-11-18)26-20-8-2-1-3-9-20/h1-3,8-13,19H,4-7,14-17H2. The van der Waals surface area contributed by atoms with E-state index in [1.54, 1.807) is 0 Å². The first-order valence-electron chi connectivity index (χ1n) is 9.66. The lowest BCUT2D eigenvalue weighted by molar-refractivity contribution is 0.0573. The molecule has 1 aliphatic carbocycles. The van der Waals surface area contributed by atoms with Crippen molar-refractivity contribution in [3.8, 4) is 11.5 Å². The molecule has 4 nitrogen and oxygen atoms in total. The zero-order valence-corrected chi connectivity index (χ0v) is 15.1. The molecule has 4 heteroatoms. The molecular weight excluding hydrogens is 324 g/mol. The monoisotopic (exact) mass is 350 g/mol. The lowest BCUT2D eigenvalue weighted by Crippen LogP contribution is -2.51. The Labute approximate surface area is 155 Å². The lowest BCUT2D eigenvalue weighted by Gasteiger charge is -2.38. The maximum atomic E-state index is 12.8. The summed E-state index contributed by atoms with van der Waals surface area (Å²) in [7, 11) is 0. The van der Waals surface area contributed by atoms with Crippen LogP contribution in [-0.4, -0.2) is 47.9 Å². The average Bonchev–Trinajstić information content (AvgIpc) is 3.24. The molecule has 4 rings (SSSR count). The van der Waals surface area contributed by atoms with Crippen molar-refractivity contribution >= 4 is 5.91 Å². The van der Waals surface area contributed by atoms with Crippen molar-refractivity contribution in [3.63, 3.8) is 0 Å². The number of carbonyl (C=O) groups is 1. The third kappa shape index (κ3) is 3.91. The molecule has 1 aliphatic heterocycles.